The predicted octanol–water partition coefficient (Wildman–Crippen LogP) is 15.6. The van der Waals surface area contributed by atoms with Gasteiger partial charge in [0.05, 0.1) is 19.8 Å². The number of ether oxygens (including phenoxy) is 2. The van der Waals surface area contributed by atoms with Crippen molar-refractivity contribution >= 4 is 11.9 Å². The number of carbonyl (C=O) groups excluding carboxylic acids is 2. The van der Waals surface area contributed by atoms with Crippen LogP contribution in [-0.4, -0.2) is 85.4 Å². The number of nitrogens with zero attached hydrogens (tertiary/aromatic N) is 2. The first-order valence-corrected chi connectivity index (χ1v) is 28.4. The van der Waals surface area contributed by atoms with E-state index >= 15 is 0 Å². The van der Waals surface area contributed by atoms with Crippen LogP contribution in [0.5, 0.6) is 0 Å². The molecule has 2 atom stereocenters. The van der Waals surface area contributed by atoms with Gasteiger partial charge in [-0.2, -0.15) is 0 Å². The van der Waals surface area contributed by atoms with Crippen LogP contribution in [0.25, 0.3) is 0 Å². The number of esters is 2. The molecule has 1 aliphatic rings. The third-order valence-electron chi connectivity index (χ3n) is 14.2. The zero-order valence-corrected chi connectivity index (χ0v) is 42.9. The fraction of sp³-hybridized carbons (Fsp3) is 0.964. The Kier molecular flexibility index (Phi) is 43.6. The lowest BCUT2D eigenvalue weighted by molar-refractivity contribution is -0.146. The van der Waals surface area contributed by atoms with Gasteiger partial charge in [-0.25, -0.2) is 0 Å². The molecule has 1 N–H and O–H groups in total. The topological polar surface area (TPSA) is 79.3 Å². The van der Waals surface area contributed by atoms with Crippen LogP contribution >= 0.6 is 0 Å². The lowest BCUT2D eigenvalue weighted by atomic mass is 9.95. The van der Waals surface area contributed by atoms with Gasteiger partial charge in [-0.1, -0.05) is 201 Å². The largest absolute Gasteiger partial charge is 0.465 e. The van der Waals surface area contributed by atoms with Crippen molar-refractivity contribution in [3.8, 4) is 0 Å². The van der Waals surface area contributed by atoms with Crippen molar-refractivity contribution in [2.75, 3.05) is 52.5 Å². The molecule has 1 fully saturated rings. The number of carbonyl (C=O) groups is 2. The van der Waals surface area contributed by atoms with Crippen LogP contribution < -0.4 is 0 Å². The molecule has 0 bridgehead atoms. The van der Waals surface area contributed by atoms with Gasteiger partial charge in [0.1, 0.15) is 0 Å². The van der Waals surface area contributed by atoms with E-state index in [0.29, 0.717) is 43.9 Å². The summed E-state index contributed by atoms with van der Waals surface area (Å²) in [5, 5.41) is 10.0. The monoisotopic (exact) mass is 891 g/mol. The van der Waals surface area contributed by atoms with Crippen molar-refractivity contribution in [2.45, 2.75) is 284 Å². The van der Waals surface area contributed by atoms with E-state index in [9.17, 15) is 14.7 Å². The molecule has 0 radical (unpaired) electrons. The minimum absolute atomic E-state index is 0.00830. The van der Waals surface area contributed by atoms with Gasteiger partial charge >= 0.3 is 11.9 Å². The fourth-order valence-corrected chi connectivity index (χ4v) is 9.91. The summed E-state index contributed by atoms with van der Waals surface area (Å²) in [7, 11) is 0. The van der Waals surface area contributed by atoms with Crippen molar-refractivity contribution in [3.63, 3.8) is 0 Å². The number of aliphatic hydroxyl groups excluding tert-OH is 1. The van der Waals surface area contributed by atoms with E-state index in [4.69, 9.17) is 9.47 Å². The zero-order valence-electron chi connectivity index (χ0n) is 42.9. The highest BCUT2D eigenvalue weighted by atomic mass is 16.5. The summed E-state index contributed by atoms with van der Waals surface area (Å²) in [5.41, 5.74) is 0. The molecule has 1 aliphatic carbocycles. The van der Waals surface area contributed by atoms with E-state index in [1.807, 2.05) is 0 Å². The van der Waals surface area contributed by atoms with Crippen LogP contribution in [0.1, 0.15) is 278 Å². The summed E-state index contributed by atoms with van der Waals surface area (Å²) >= 11 is 0. The highest BCUT2D eigenvalue weighted by Gasteiger charge is 2.20. The molecule has 0 aromatic rings. The second kappa shape index (κ2) is 46.0. The molecule has 0 heterocycles. The average Bonchev–Trinajstić information content (AvgIpc) is 3.27. The maximum atomic E-state index is 12.9. The summed E-state index contributed by atoms with van der Waals surface area (Å²) in [6.45, 7) is 15.4. The minimum atomic E-state index is -0.00830. The average molecular weight is 892 g/mol. The molecule has 0 saturated heterocycles. The van der Waals surface area contributed by atoms with E-state index in [1.54, 1.807) is 0 Å². The van der Waals surface area contributed by atoms with Gasteiger partial charge < -0.3 is 19.5 Å². The quantitative estimate of drug-likeness (QED) is 0.0482. The van der Waals surface area contributed by atoms with Gasteiger partial charge in [0.25, 0.3) is 0 Å². The van der Waals surface area contributed by atoms with Crippen molar-refractivity contribution < 1.29 is 24.2 Å². The molecule has 1 rings (SSSR count). The molecule has 7 nitrogen and oxygen atoms in total. The van der Waals surface area contributed by atoms with E-state index in [-0.39, 0.29) is 18.5 Å². The standard InChI is InChI=1S/C56H110N2O5/c1-5-9-13-17-20-28-38-52(36-26-15-11-7-3)50-62-55(60)42-32-24-34-44-57(46-47-58(48-49-59)54-40-30-22-19-23-31-41-54)45-35-25-33-43-56(61)63-51-53(37-27-16-12-8-4)39-29-21-18-14-10-6-2/h52-54,59H,5-51H2,1-4H3. The van der Waals surface area contributed by atoms with Crippen LogP contribution in [0.2, 0.25) is 0 Å². The van der Waals surface area contributed by atoms with E-state index in [1.165, 1.54) is 199 Å². The van der Waals surface area contributed by atoms with Gasteiger partial charge in [-0.3, -0.25) is 14.5 Å². The van der Waals surface area contributed by atoms with Crippen LogP contribution in [-0.2, 0) is 19.1 Å². The molecule has 1 saturated carbocycles. The number of unbranched alkanes of at least 4 members (excludes halogenated alkanes) is 20. The Bertz CT molecular complexity index is 913. The molecule has 374 valence electrons. The van der Waals surface area contributed by atoms with Gasteiger partial charge in [0, 0.05) is 38.5 Å². The molecule has 0 spiro atoms. The van der Waals surface area contributed by atoms with Crippen molar-refractivity contribution in [3.05, 3.63) is 0 Å². The lowest BCUT2D eigenvalue weighted by Crippen LogP contribution is -2.43. The summed E-state index contributed by atoms with van der Waals surface area (Å²) in [4.78, 5) is 31.0. The maximum Gasteiger partial charge on any atom is 0.305 e. The molecule has 0 aromatic heterocycles. The second-order valence-corrected chi connectivity index (χ2v) is 20.1. The predicted molar refractivity (Wildman–Crippen MR) is 271 cm³/mol. The van der Waals surface area contributed by atoms with Gasteiger partial charge in [0.2, 0.25) is 0 Å². The van der Waals surface area contributed by atoms with Gasteiger partial charge in [-0.15, -0.1) is 0 Å². The molecule has 2 unspecified atom stereocenters. The number of aliphatic hydroxyl groups is 1. The molecule has 63 heavy (non-hydrogen) atoms. The highest BCUT2D eigenvalue weighted by Crippen LogP contribution is 2.23. The fourth-order valence-electron chi connectivity index (χ4n) is 9.91. The molecule has 0 aliphatic heterocycles. The summed E-state index contributed by atoms with van der Waals surface area (Å²) in [6, 6.07) is 0.583. The normalized spacial score (nSPS) is 14.8. The zero-order chi connectivity index (χ0) is 45.7. The first-order valence-electron chi connectivity index (χ1n) is 28.4. The smallest absolute Gasteiger partial charge is 0.305 e. The van der Waals surface area contributed by atoms with Gasteiger partial charge in [0.15, 0.2) is 0 Å². The highest BCUT2D eigenvalue weighted by molar-refractivity contribution is 5.69. The molecular weight excluding hydrogens is 781 g/mol. The van der Waals surface area contributed by atoms with E-state index < -0.39 is 0 Å². The van der Waals surface area contributed by atoms with Crippen LogP contribution in [0.15, 0.2) is 0 Å². The summed E-state index contributed by atoms with van der Waals surface area (Å²) in [5.74, 6) is 1.01. The molecule has 0 aromatic carbocycles. The lowest BCUT2D eigenvalue weighted by Gasteiger charge is -2.34. The van der Waals surface area contributed by atoms with Crippen LogP contribution in [0, 0.1) is 11.8 Å². The Morgan fingerprint density at radius 3 is 1.22 bits per heavy atom. The maximum absolute atomic E-state index is 12.9. The van der Waals surface area contributed by atoms with E-state index in [0.717, 1.165) is 71.2 Å². The molecule has 0 amide bonds. The molecular formula is C56H110N2O5. The second-order valence-electron chi connectivity index (χ2n) is 20.1. The Labute approximate surface area is 393 Å². The third kappa shape index (κ3) is 37.6. The van der Waals surface area contributed by atoms with Crippen molar-refractivity contribution in [1.82, 2.24) is 9.80 Å². The Balaban J connectivity index is 2.61. The number of rotatable bonds is 46. The third-order valence-corrected chi connectivity index (χ3v) is 14.2. The van der Waals surface area contributed by atoms with Crippen molar-refractivity contribution in [1.29, 1.82) is 0 Å². The Morgan fingerprint density at radius 2 is 0.810 bits per heavy atom. The van der Waals surface area contributed by atoms with Crippen molar-refractivity contribution in [2.24, 2.45) is 11.8 Å². The van der Waals surface area contributed by atoms with Gasteiger partial charge in [-0.05, 0) is 89.1 Å². The first kappa shape index (κ1) is 59.8. The molecule has 7 heteroatoms. The summed E-state index contributed by atoms with van der Waals surface area (Å²) in [6.07, 6.45) is 47.1. The number of hydrogen-bond donors (Lipinski definition) is 1. The SMILES string of the molecule is CCCCCCCCC(CCCCCC)COC(=O)CCCCCN(CCCCCC(=O)OCC(CCCCCC)CCCCCCCC)CCN(CCO)C1CCCCCCC1. The Morgan fingerprint density at radius 1 is 0.444 bits per heavy atom. The summed E-state index contributed by atoms with van der Waals surface area (Å²) < 4.78 is 11.8. The Hall–Kier alpha value is -1.18. The van der Waals surface area contributed by atoms with Crippen LogP contribution in [0.4, 0.5) is 0 Å². The minimum Gasteiger partial charge on any atom is -0.465 e. The van der Waals surface area contributed by atoms with E-state index in [2.05, 4.69) is 37.5 Å². The first-order chi connectivity index (χ1) is 31.0. The van der Waals surface area contributed by atoms with Crippen LogP contribution in [0.3, 0.4) is 0 Å². The number of hydrogen-bond acceptors (Lipinski definition) is 7.